The smallest absolute Gasteiger partial charge is 0.237 e. The maximum Gasteiger partial charge on any atom is 0.237 e. The highest BCUT2D eigenvalue weighted by Crippen LogP contribution is 2.09. The number of thiol groups is 1. The Morgan fingerprint density at radius 1 is 1.18 bits per heavy atom. The van der Waals surface area contributed by atoms with Crippen molar-refractivity contribution in [3.8, 4) is 0 Å². The van der Waals surface area contributed by atoms with Crippen LogP contribution in [0.4, 0.5) is 0 Å². The Labute approximate surface area is 137 Å². The van der Waals surface area contributed by atoms with E-state index in [0.29, 0.717) is 38.2 Å². The minimum absolute atomic E-state index is 0.0139. The van der Waals surface area contributed by atoms with Gasteiger partial charge in [-0.25, -0.2) is 0 Å². The Hall–Kier alpha value is -0.830. The van der Waals surface area contributed by atoms with E-state index >= 15 is 0 Å². The number of amides is 2. The monoisotopic (exact) mass is 335 g/mol. The normalized spacial score (nSPS) is 12.2. The predicted molar refractivity (Wildman–Crippen MR) is 88.9 cm³/mol. The number of likely N-dealkylation sites (N-methyl/N-ethyl adjacent to an activating group) is 1. The van der Waals surface area contributed by atoms with Crippen molar-refractivity contribution in [2.75, 3.05) is 45.6 Å². The molecule has 0 saturated heterocycles. The fraction of sp³-hybridized carbons (Fsp3) is 0.857. The van der Waals surface area contributed by atoms with E-state index in [-0.39, 0.29) is 31.1 Å². The van der Waals surface area contributed by atoms with Gasteiger partial charge in [-0.1, -0.05) is 0 Å². The van der Waals surface area contributed by atoms with Crippen LogP contribution in [0.25, 0.3) is 0 Å². The Morgan fingerprint density at radius 2 is 1.82 bits per heavy atom. The molecule has 0 heterocycles. The lowest BCUT2D eigenvalue weighted by Gasteiger charge is -2.29. The summed E-state index contributed by atoms with van der Waals surface area (Å²) in [5, 5.41) is 23.6. The summed E-state index contributed by atoms with van der Waals surface area (Å²) in [5.74, 6) is 0.392. The van der Waals surface area contributed by atoms with E-state index in [2.05, 4.69) is 23.3 Å². The van der Waals surface area contributed by atoms with E-state index in [1.807, 2.05) is 0 Å². The molecule has 0 aromatic heterocycles. The van der Waals surface area contributed by atoms with Crippen LogP contribution in [0.15, 0.2) is 0 Å². The predicted octanol–water partition coefficient (Wildman–Crippen LogP) is -1.01. The van der Waals surface area contributed by atoms with E-state index in [0.717, 1.165) is 12.8 Å². The van der Waals surface area contributed by atoms with Crippen molar-refractivity contribution in [2.24, 2.45) is 0 Å². The quantitative estimate of drug-likeness (QED) is 0.219. The van der Waals surface area contributed by atoms with E-state index in [1.54, 1.807) is 11.9 Å². The first kappa shape index (κ1) is 21.2. The second kappa shape index (κ2) is 13.8. The maximum absolute atomic E-state index is 12.0. The first-order valence-corrected chi connectivity index (χ1v) is 8.28. The first-order valence-electron chi connectivity index (χ1n) is 7.65. The minimum atomic E-state index is -0.377. The summed E-state index contributed by atoms with van der Waals surface area (Å²) in [6, 6.07) is -0.377. The third-order valence-corrected chi connectivity index (χ3v) is 3.55. The van der Waals surface area contributed by atoms with Crippen molar-refractivity contribution >= 4 is 24.4 Å². The second-order valence-corrected chi connectivity index (χ2v) is 5.38. The standard InChI is InChI=1S/C14H29N3O4S/c1-15-14(21)12(17(7-9-18)8-10-19)4-2-3-6-16-13(20)5-11-22/h12,18-19,22H,2-11H2,1H3,(H,15,21)(H,16,20). The topological polar surface area (TPSA) is 102 Å². The Kier molecular flexibility index (Phi) is 13.3. The van der Waals surface area contributed by atoms with Crippen molar-refractivity contribution in [3.05, 3.63) is 0 Å². The molecule has 0 aliphatic carbocycles. The van der Waals surface area contributed by atoms with Gasteiger partial charge in [-0.2, -0.15) is 12.6 Å². The van der Waals surface area contributed by atoms with Crippen LogP contribution in [0.1, 0.15) is 25.7 Å². The first-order chi connectivity index (χ1) is 10.6. The molecule has 1 atom stereocenters. The van der Waals surface area contributed by atoms with Gasteiger partial charge < -0.3 is 20.8 Å². The average molecular weight is 335 g/mol. The summed E-state index contributed by atoms with van der Waals surface area (Å²) >= 11 is 3.99. The largest absolute Gasteiger partial charge is 0.395 e. The Bertz CT molecular complexity index is 312. The zero-order valence-electron chi connectivity index (χ0n) is 13.3. The molecule has 0 bridgehead atoms. The molecule has 0 fully saturated rings. The van der Waals surface area contributed by atoms with Gasteiger partial charge in [-0.05, 0) is 25.0 Å². The van der Waals surface area contributed by atoms with E-state index in [9.17, 15) is 9.59 Å². The summed E-state index contributed by atoms with van der Waals surface area (Å²) in [4.78, 5) is 25.0. The molecule has 0 aliphatic rings. The number of carbonyl (C=O) groups is 2. The summed E-state index contributed by atoms with van der Waals surface area (Å²) in [5.41, 5.74) is 0. The van der Waals surface area contributed by atoms with Gasteiger partial charge in [0.1, 0.15) is 0 Å². The van der Waals surface area contributed by atoms with Gasteiger partial charge in [0.25, 0.3) is 0 Å². The van der Waals surface area contributed by atoms with Gasteiger partial charge in [0, 0.05) is 33.1 Å². The van der Waals surface area contributed by atoms with Crippen LogP contribution in [0.3, 0.4) is 0 Å². The molecule has 0 spiro atoms. The van der Waals surface area contributed by atoms with Crippen LogP contribution in [0.5, 0.6) is 0 Å². The van der Waals surface area contributed by atoms with Crippen LogP contribution in [0, 0.1) is 0 Å². The van der Waals surface area contributed by atoms with Gasteiger partial charge in [0.05, 0.1) is 19.3 Å². The molecule has 0 aliphatic heterocycles. The van der Waals surface area contributed by atoms with Crippen molar-refractivity contribution in [1.29, 1.82) is 0 Å². The van der Waals surface area contributed by atoms with Crippen LogP contribution in [-0.4, -0.2) is 78.6 Å². The van der Waals surface area contributed by atoms with Crippen LogP contribution in [-0.2, 0) is 9.59 Å². The number of rotatable bonds is 13. The van der Waals surface area contributed by atoms with Gasteiger partial charge in [-0.15, -0.1) is 0 Å². The van der Waals surface area contributed by atoms with Crippen molar-refractivity contribution in [1.82, 2.24) is 15.5 Å². The van der Waals surface area contributed by atoms with E-state index in [1.165, 1.54) is 0 Å². The number of hydrogen-bond acceptors (Lipinski definition) is 6. The molecule has 130 valence electrons. The molecule has 0 rings (SSSR count). The summed E-state index contributed by atoms with van der Waals surface area (Å²) in [7, 11) is 1.57. The lowest BCUT2D eigenvalue weighted by molar-refractivity contribution is -0.126. The third kappa shape index (κ3) is 9.24. The molecule has 4 N–H and O–H groups in total. The highest BCUT2D eigenvalue weighted by Gasteiger charge is 2.23. The molecule has 1 unspecified atom stereocenters. The number of aliphatic hydroxyl groups is 2. The highest BCUT2D eigenvalue weighted by molar-refractivity contribution is 7.80. The molecular formula is C14H29N3O4S. The van der Waals surface area contributed by atoms with Crippen molar-refractivity contribution in [2.45, 2.75) is 31.7 Å². The van der Waals surface area contributed by atoms with Crippen LogP contribution in [0.2, 0.25) is 0 Å². The highest BCUT2D eigenvalue weighted by atomic mass is 32.1. The second-order valence-electron chi connectivity index (χ2n) is 4.93. The summed E-state index contributed by atoms with van der Waals surface area (Å²) in [6.07, 6.45) is 2.57. The molecule has 0 aromatic rings. The summed E-state index contributed by atoms with van der Waals surface area (Å²) < 4.78 is 0. The number of hydrogen-bond donors (Lipinski definition) is 5. The fourth-order valence-corrected chi connectivity index (χ4v) is 2.41. The lowest BCUT2D eigenvalue weighted by Crippen LogP contribution is -2.48. The molecular weight excluding hydrogens is 306 g/mol. The zero-order valence-corrected chi connectivity index (χ0v) is 14.1. The maximum atomic E-state index is 12.0. The molecule has 0 saturated carbocycles. The van der Waals surface area contributed by atoms with E-state index in [4.69, 9.17) is 10.2 Å². The molecule has 0 radical (unpaired) electrons. The van der Waals surface area contributed by atoms with Crippen LogP contribution < -0.4 is 10.6 Å². The van der Waals surface area contributed by atoms with Gasteiger partial charge in [-0.3, -0.25) is 14.5 Å². The molecule has 8 heteroatoms. The number of nitrogens with zero attached hydrogens (tertiary/aromatic N) is 1. The van der Waals surface area contributed by atoms with Gasteiger partial charge >= 0.3 is 0 Å². The van der Waals surface area contributed by atoms with Crippen molar-refractivity contribution < 1.29 is 19.8 Å². The molecule has 22 heavy (non-hydrogen) atoms. The fourth-order valence-electron chi connectivity index (χ4n) is 2.21. The van der Waals surface area contributed by atoms with Gasteiger partial charge in [0.2, 0.25) is 11.8 Å². The summed E-state index contributed by atoms with van der Waals surface area (Å²) in [6.45, 7) is 1.14. The zero-order chi connectivity index (χ0) is 16.8. The lowest BCUT2D eigenvalue weighted by atomic mass is 10.1. The number of nitrogens with one attached hydrogen (secondary N) is 2. The molecule has 0 aromatic carbocycles. The minimum Gasteiger partial charge on any atom is -0.395 e. The number of carbonyl (C=O) groups excluding carboxylic acids is 2. The average Bonchev–Trinajstić information content (AvgIpc) is 2.50. The molecule has 7 nitrogen and oxygen atoms in total. The third-order valence-electron chi connectivity index (χ3n) is 3.33. The van der Waals surface area contributed by atoms with Crippen molar-refractivity contribution in [3.63, 3.8) is 0 Å². The number of aliphatic hydroxyl groups excluding tert-OH is 2. The van der Waals surface area contributed by atoms with Gasteiger partial charge in [0.15, 0.2) is 0 Å². The Morgan fingerprint density at radius 3 is 2.32 bits per heavy atom. The number of unbranched alkanes of at least 4 members (excludes halogenated alkanes) is 1. The Balaban J connectivity index is 4.24. The van der Waals surface area contributed by atoms with Crippen LogP contribution >= 0.6 is 12.6 Å². The SMILES string of the molecule is CNC(=O)C(CCCCNC(=O)CCS)N(CCO)CCO. The molecule has 2 amide bonds. The van der Waals surface area contributed by atoms with E-state index < -0.39 is 0 Å².